The zero-order chi connectivity index (χ0) is 14.5. The SMILES string of the molecule is CCCNC1CCCN(C(C)C(N)=O)c2ccccc21. The van der Waals surface area contributed by atoms with Crippen LogP contribution < -0.4 is 16.0 Å². The molecular formula is C16H25N3O. The fraction of sp³-hybridized carbons (Fsp3) is 0.562. The molecule has 2 unspecified atom stereocenters. The predicted molar refractivity (Wildman–Crippen MR) is 82.7 cm³/mol. The third-order valence-corrected chi connectivity index (χ3v) is 4.03. The molecule has 0 aliphatic carbocycles. The third-order valence-electron chi connectivity index (χ3n) is 4.03. The number of benzene rings is 1. The Hall–Kier alpha value is -1.55. The van der Waals surface area contributed by atoms with E-state index in [0.29, 0.717) is 6.04 Å². The molecule has 1 heterocycles. The van der Waals surface area contributed by atoms with Crippen molar-refractivity contribution >= 4 is 11.6 Å². The number of amides is 1. The van der Waals surface area contributed by atoms with Crippen LogP contribution in [0.25, 0.3) is 0 Å². The van der Waals surface area contributed by atoms with Gasteiger partial charge in [0.05, 0.1) is 0 Å². The molecule has 0 fully saturated rings. The highest BCUT2D eigenvalue weighted by molar-refractivity contribution is 5.83. The highest BCUT2D eigenvalue weighted by atomic mass is 16.1. The quantitative estimate of drug-likeness (QED) is 0.866. The van der Waals surface area contributed by atoms with Gasteiger partial charge < -0.3 is 16.0 Å². The first-order valence-electron chi connectivity index (χ1n) is 7.53. The van der Waals surface area contributed by atoms with Crippen LogP contribution in [0.1, 0.15) is 44.7 Å². The molecule has 1 amide bonds. The second-order valence-corrected chi connectivity index (χ2v) is 5.48. The van der Waals surface area contributed by atoms with E-state index in [4.69, 9.17) is 5.73 Å². The Morgan fingerprint density at radius 1 is 1.50 bits per heavy atom. The van der Waals surface area contributed by atoms with Crippen molar-refractivity contribution in [2.75, 3.05) is 18.0 Å². The van der Waals surface area contributed by atoms with Crippen molar-refractivity contribution in [2.45, 2.75) is 45.2 Å². The van der Waals surface area contributed by atoms with E-state index in [1.807, 2.05) is 13.0 Å². The number of anilines is 1. The Morgan fingerprint density at radius 2 is 2.25 bits per heavy atom. The van der Waals surface area contributed by atoms with Crippen LogP contribution in [0.15, 0.2) is 24.3 Å². The van der Waals surface area contributed by atoms with Gasteiger partial charge in [-0.2, -0.15) is 0 Å². The van der Waals surface area contributed by atoms with Gasteiger partial charge in [-0.1, -0.05) is 25.1 Å². The lowest BCUT2D eigenvalue weighted by Gasteiger charge is -2.30. The highest BCUT2D eigenvalue weighted by Gasteiger charge is 2.26. The Bertz CT molecular complexity index is 461. The van der Waals surface area contributed by atoms with Crippen molar-refractivity contribution in [3.8, 4) is 0 Å². The minimum absolute atomic E-state index is 0.263. The van der Waals surface area contributed by atoms with Crippen LogP contribution in [0, 0.1) is 0 Å². The number of carbonyl (C=O) groups excluding carboxylic acids is 1. The molecule has 1 aliphatic heterocycles. The number of hydrogen-bond acceptors (Lipinski definition) is 3. The third kappa shape index (κ3) is 3.12. The molecule has 1 aliphatic rings. The lowest BCUT2D eigenvalue weighted by molar-refractivity contribution is -0.118. The Balaban J connectivity index is 2.32. The molecule has 0 saturated carbocycles. The molecule has 20 heavy (non-hydrogen) atoms. The number of hydrogen-bond donors (Lipinski definition) is 2. The van der Waals surface area contributed by atoms with E-state index in [2.05, 4.69) is 35.3 Å². The highest BCUT2D eigenvalue weighted by Crippen LogP contribution is 2.33. The monoisotopic (exact) mass is 275 g/mol. The van der Waals surface area contributed by atoms with E-state index < -0.39 is 0 Å². The molecule has 4 heteroatoms. The second kappa shape index (κ2) is 6.75. The normalized spacial score (nSPS) is 20.1. The molecule has 0 spiro atoms. The van der Waals surface area contributed by atoms with Crippen molar-refractivity contribution in [1.29, 1.82) is 0 Å². The standard InChI is InChI=1S/C16H25N3O/c1-3-10-18-14-8-6-11-19(12(2)16(17)20)15-9-5-4-7-13(14)15/h4-5,7,9,12,14,18H,3,6,8,10-11H2,1-2H3,(H2,17,20). The van der Waals surface area contributed by atoms with E-state index in [0.717, 1.165) is 38.0 Å². The maximum Gasteiger partial charge on any atom is 0.239 e. The number of fused-ring (bicyclic) bond motifs is 1. The van der Waals surface area contributed by atoms with Gasteiger partial charge in [0.2, 0.25) is 5.91 Å². The van der Waals surface area contributed by atoms with Crippen molar-refractivity contribution in [3.63, 3.8) is 0 Å². The van der Waals surface area contributed by atoms with Crippen LogP contribution >= 0.6 is 0 Å². The van der Waals surface area contributed by atoms with Crippen LogP contribution in [0.5, 0.6) is 0 Å². The van der Waals surface area contributed by atoms with Crippen LogP contribution in [-0.2, 0) is 4.79 Å². The van der Waals surface area contributed by atoms with Gasteiger partial charge >= 0.3 is 0 Å². The smallest absolute Gasteiger partial charge is 0.239 e. The first kappa shape index (κ1) is 14.9. The Labute approximate surface area is 121 Å². The van der Waals surface area contributed by atoms with Gasteiger partial charge in [0, 0.05) is 18.3 Å². The van der Waals surface area contributed by atoms with Gasteiger partial charge in [0.1, 0.15) is 6.04 Å². The molecule has 2 atom stereocenters. The summed E-state index contributed by atoms with van der Waals surface area (Å²) in [5.74, 6) is -0.264. The molecule has 4 nitrogen and oxygen atoms in total. The fourth-order valence-electron chi connectivity index (χ4n) is 2.87. The summed E-state index contributed by atoms with van der Waals surface area (Å²) in [6.45, 7) is 5.96. The molecule has 0 bridgehead atoms. The first-order chi connectivity index (χ1) is 9.65. The minimum Gasteiger partial charge on any atom is -0.368 e. The number of nitrogens with two attached hydrogens (primary N) is 1. The summed E-state index contributed by atoms with van der Waals surface area (Å²) >= 11 is 0. The van der Waals surface area contributed by atoms with Gasteiger partial charge in [-0.25, -0.2) is 0 Å². The van der Waals surface area contributed by atoms with Crippen LogP contribution in [0.3, 0.4) is 0 Å². The maximum atomic E-state index is 11.5. The number of para-hydroxylation sites is 1. The van der Waals surface area contributed by atoms with E-state index in [9.17, 15) is 4.79 Å². The van der Waals surface area contributed by atoms with Crippen molar-refractivity contribution in [1.82, 2.24) is 5.32 Å². The van der Waals surface area contributed by atoms with E-state index in [1.54, 1.807) is 0 Å². The summed E-state index contributed by atoms with van der Waals surface area (Å²) in [7, 11) is 0. The summed E-state index contributed by atoms with van der Waals surface area (Å²) in [6, 6.07) is 8.46. The van der Waals surface area contributed by atoms with Gasteiger partial charge in [-0.05, 0) is 44.4 Å². The van der Waals surface area contributed by atoms with Crippen LogP contribution in [0.4, 0.5) is 5.69 Å². The average molecular weight is 275 g/mol. The molecule has 3 N–H and O–H groups in total. The summed E-state index contributed by atoms with van der Waals surface area (Å²) < 4.78 is 0. The van der Waals surface area contributed by atoms with Crippen molar-refractivity contribution in [2.24, 2.45) is 5.73 Å². The molecule has 110 valence electrons. The number of rotatable bonds is 5. The Morgan fingerprint density at radius 3 is 2.95 bits per heavy atom. The zero-order valence-corrected chi connectivity index (χ0v) is 12.4. The molecule has 0 radical (unpaired) electrons. The largest absolute Gasteiger partial charge is 0.368 e. The topological polar surface area (TPSA) is 58.4 Å². The van der Waals surface area contributed by atoms with Gasteiger partial charge in [-0.3, -0.25) is 4.79 Å². The first-order valence-corrected chi connectivity index (χ1v) is 7.53. The molecule has 1 aromatic carbocycles. The zero-order valence-electron chi connectivity index (χ0n) is 12.4. The van der Waals surface area contributed by atoms with E-state index in [1.165, 1.54) is 5.56 Å². The minimum atomic E-state index is -0.264. The summed E-state index contributed by atoms with van der Waals surface area (Å²) in [6.07, 6.45) is 3.28. The van der Waals surface area contributed by atoms with Gasteiger partial charge in [-0.15, -0.1) is 0 Å². The van der Waals surface area contributed by atoms with Crippen LogP contribution in [0.2, 0.25) is 0 Å². The molecule has 0 saturated heterocycles. The predicted octanol–water partition coefficient (Wildman–Crippen LogP) is 2.20. The van der Waals surface area contributed by atoms with E-state index >= 15 is 0 Å². The Kier molecular flexibility index (Phi) is 5.01. The summed E-state index contributed by atoms with van der Waals surface area (Å²) in [4.78, 5) is 13.7. The van der Waals surface area contributed by atoms with Gasteiger partial charge in [0.25, 0.3) is 0 Å². The number of carbonyl (C=O) groups is 1. The number of nitrogens with one attached hydrogen (secondary N) is 1. The van der Waals surface area contributed by atoms with Crippen LogP contribution in [-0.4, -0.2) is 25.0 Å². The lowest BCUT2D eigenvalue weighted by Crippen LogP contribution is -2.43. The maximum absolute atomic E-state index is 11.5. The summed E-state index contributed by atoms with van der Waals surface area (Å²) in [5, 5.41) is 3.61. The number of primary amides is 1. The molecule has 0 aromatic heterocycles. The lowest BCUT2D eigenvalue weighted by atomic mass is 10.0. The fourth-order valence-corrected chi connectivity index (χ4v) is 2.87. The number of nitrogens with zero attached hydrogens (tertiary/aromatic N) is 1. The average Bonchev–Trinajstić information content (AvgIpc) is 2.64. The second-order valence-electron chi connectivity index (χ2n) is 5.48. The van der Waals surface area contributed by atoms with Crippen molar-refractivity contribution < 1.29 is 4.79 Å². The molecular weight excluding hydrogens is 250 g/mol. The van der Waals surface area contributed by atoms with Crippen molar-refractivity contribution in [3.05, 3.63) is 29.8 Å². The molecule has 1 aromatic rings. The molecule has 2 rings (SSSR count). The van der Waals surface area contributed by atoms with E-state index in [-0.39, 0.29) is 11.9 Å². The van der Waals surface area contributed by atoms with Gasteiger partial charge in [0.15, 0.2) is 0 Å². The summed E-state index contributed by atoms with van der Waals surface area (Å²) in [5.41, 5.74) is 7.92.